The van der Waals surface area contributed by atoms with E-state index < -0.39 is 0 Å². The molecule has 6 heteroatoms. The van der Waals surface area contributed by atoms with Crippen LogP contribution in [0.3, 0.4) is 0 Å². The average molecular weight is 489 g/mol. The third-order valence-electron chi connectivity index (χ3n) is 7.01. The molecule has 0 aliphatic carbocycles. The van der Waals surface area contributed by atoms with Crippen LogP contribution in [0.4, 0.5) is 5.82 Å². The molecule has 1 aromatic heterocycles. The smallest absolute Gasteiger partial charge is 0.258 e. The Kier molecular flexibility index (Phi) is 6.15. The Morgan fingerprint density at radius 2 is 1.46 bits per heavy atom. The van der Waals surface area contributed by atoms with Gasteiger partial charge < -0.3 is 14.5 Å². The number of aromatic nitrogens is 2. The van der Waals surface area contributed by atoms with Gasteiger partial charge in [0.25, 0.3) is 5.91 Å². The fourth-order valence-corrected chi connectivity index (χ4v) is 5.13. The van der Waals surface area contributed by atoms with E-state index in [0.29, 0.717) is 44.1 Å². The van der Waals surface area contributed by atoms with Gasteiger partial charge in [0.1, 0.15) is 5.75 Å². The van der Waals surface area contributed by atoms with Gasteiger partial charge in [-0.2, -0.15) is 0 Å². The zero-order chi connectivity index (χ0) is 25.2. The summed E-state index contributed by atoms with van der Waals surface area (Å²) < 4.78 is 5.85. The molecule has 0 N–H and O–H groups in total. The summed E-state index contributed by atoms with van der Waals surface area (Å²) in [6.07, 6.45) is 0. The maximum absolute atomic E-state index is 13.7. The van der Waals surface area contributed by atoms with Gasteiger partial charge in [-0.15, -0.1) is 10.2 Å². The second-order valence-corrected chi connectivity index (χ2v) is 9.18. The van der Waals surface area contributed by atoms with E-state index in [9.17, 15) is 4.79 Å². The van der Waals surface area contributed by atoms with Crippen molar-refractivity contribution in [3.05, 3.63) is 96.6 Å². The highest BCUT2D eigenvalue weighted by Crippen LogP contribution is 2.31. The molecule has 6 nitrogen and oxygen atoms in total. The summed E-state index contributed by atoms with van der Waals surface area (Å²) in [5.74, 6) is 1.48. The van der Waals surface area contributed by atoms with Gasteiger partial charge in [-0.1, -0.05) is 72.8 Å². The Labute approximate surface area is 216 Å². The summed E-state index contributed by atoms with van der Waals surface area (Å²) >= 11 is 0. The Bertz CT molecular complexity index is 1570. The molecule has 0 saturated carbocycles. The van der Waals surface area contributed by atoms with Crippen molar-refractivity contribution < 1.29 is 9.53 Å². The summed E-state index contributed by atoms with van der Waals surface area (Å²) in [5, 5.41) is 13.4. The lowest BCUT2D eigenvalue weighted by atomic mass is 10.0. The molecule has 0 bridgehead atoms. The number of carbonyl (C=O) groups is 1. The molecule has 1 amide bonds. The highest BCUT2D eigenvalue weighted by molar-refractivity contribution is 6.09. The van der Waals surface area contributed by atoms with Crippen molar-refractivity contribution in [1.82, 2.24) is 15.1 Å². The molecule has 0 atom stereocenters. The van der Waals surface area contributed by atoms with Crippen LogP contribution >= 0.6 is 0 Å². The first kappa shape index (κ1) is 23.0. The molecule has 0 spiro atoms. The number of anilines is 1. The van der Waals surface area contributed by atoms with Crippen LogP contribution in [-0.4, -0.2) is 53.8 Å². The van der Waals surface area contributed by atoms with E-state index in [4.69, 9.17) is 4.74 Å². The SMILES string of the molecule is CCOc1ccc2ccccc2c1C(=O)N1CCN(c2ccc(-c3cccc4ccccc34)nn2)CC1. The first-order chi connectivity index (χ1) is 18.2. The maximum Gasteiger partial charge on any atom is 0.258 e. The van der Waals surface area contributed by atoms with E-state index in [1.807, 2.05) is 72.5 Å². The van der Waals surface area contributed by atoms with Crippen molar-refractivity contribution in [3.8, 4) is 17.0 Å². The van der Waals surface area contributed by atoms with Crippen LogP contribution < -0.4 is 9.64 Å². The molecule has 1 saturated heterocycles. The zero-order valence-corrected chi connectivity index (χ0v) is 20.8. The molecule has 37 heavy (non-hydrogen) atoms. The molecule has 0 unspecified atom stereocenters. The second kappa shape index (κ2) is 9.90. The van der Waals surface area contributed by atoms with Crippen molar-refractivity contribution in [1.29, 1.82) is 0 Å². The van der Waals surface area contributed by atoms with Crippen LogP contribution in [0.1, 0.15) is 17.3 Å². The number of nitrogens with zero attached hydrogens (tertiary/aromatic N) is 4. The Morgan fingerprint density at radius 3 is 2.19 bits per heavy atom. The first-order valence-electron chi connectivity index (χ1n) is 12.7. The number of carbonyl (C=O) groups excluding carboxylic acids is 1. The largest absolute Gasteiger partial charge is 0.493 e. The normalized spacial score (nSPS) is 13.8. The Hall–Kier alpha value is -4.45. The van der Waals surface area contributed by atoms with Crippen LogP contribution in [0.25, 0.3) is 32.8 Å². The number of piperazine rings is 1. The fraction of sp³-hybridized carbons (Fsp3) is 0.194. The summed E-state index contributed by atoms with van der Waals surface area (Å²) in [4.78, 5) is 17.8. The lowest BCUT2D eigenvalue weighted by Gasteiger charge is -2.35. The van der Waals surface area contributed by atoms with Gasteiger partial charge in [0.05, 0.1) is 17.9 Å². The van der Waals surface area contributed by atoms with Gasteiger partial charge in [0.2, 0.25) is 0 Å². The number of ether oxygens (including phenoxy) is 1. The van der Waals surface area contributed by atoms with Crippen molar-refractivity contribution in [2.75, 3.05) is 37.7 Å². The number of amides is 1. The van der Waals surface area contributed by atoms with E-state index in [0.717, 1.165) is 27.8 Å². The van der Waals surface area contributed by atoms with Crippen LogP contribution in [-0.2, 0) is 0 Å². The van der Waals surface area contributed by atoms with Gasteiger partial charge in [0.15, 0.2) is 5.82 Å². The summed E-state index contributed by atoms with van der Waals surface area (Å²) in [6, 6.07) is 30.5. The topological polar surface area (TPSA) is 58.6 Å². The van der Waals surface area contributed by atoms with Crippen molar-refractivity contribution in [2.45, 2.75) is 6.92 Å². The molecule has 0 radical (unpaired) electrons. The molecule has 1 aliphatic heterocycles. The molecule has 184 valence electrons. The third-order valence-corrected chi connectivity index (χ3v) is 7.01. The molecule has 1 aliphatic rings. The summed E-state index contributed by atoms with van der Waals surface area (Å²) in [5.41, 5.74) is 2.58. The molecule has 5 aromatic rings. The number of hydrogen-bond acceptors (Lipinski definition) is 5. The minimum Gasteiger partial charge on any atom is -0.493 e. The number of rotatable bonds is 5. The zero-order valence-electron chi connectivity index (χ0n) is 20.8. The van der Waals surface area contributed by atoms with Gasteiger partial charge >= 0.3 is 0 Å². The van der Waals surface area contributed by atoms with Crippen molar-refractivity contribution in [2.24, 2.45) is 0 Å². The standard InChI is InChI=1S/C31H28N4O2/c1-2-37-28-16-14-23-9-4-6-12-25(23)30(28)31(36)35-20-18-34(19-21-35)29-17-15-27(32-33-29)26-13-7-10-22-8-3-5-11-24(22)26/h3-17H,2,18-21H2,1H3. The van der Waals surface area contributed by atoms with Crippen LogP contribution in [0, 0.1) is 0 Å². The second-order valence-electron chi connectivity index (χ2n) is 9.18. The fourth-order valence-electron chi connectivity index (χ4n) is 5.13. The molecule has 6 rings (SSSR count). The number of fused-ring (bicyclic) bond motifs is 2. The molecule has 4 aromatic carbocycles. The Balaban J connectivity index is 1.19. The van der Waals surface area contributed by atoms with E-state index in [1.165, 1.54) is 10.8 Å². The maximum atomic E-state index is 13.7. The quantitative estimate of drug-likeness (QED) is 0.312. The van der Waals surface area contributed by atoms with E-state index >= 15 is 0 Å². The summed E-state index contributed by atoms with van der Waals surface area (Å²) in [7, 11) is 0. The average Bonchev–Trinajstić information content (AvgIpc) is 2.97. The van der Waals surface area contributed by atoms with E-state index in [1.54, 1.807) is 0 Å². The van der Waals surface area contributed by atoms with Gasteiger partial charge in [-0.05, 0) is 46.7 Å². The van der Waals surface area contributed by atoms with Gasteiger partial charge in [-0.3, -0.25) is 4.79 Å². The predicted octanol–water partition coefficient (Wildman–Crippen LogP) is 5.81. The number of benzene rings is 4. The predicted molar refractivity (Wildman–Crippen MR) is 148 cm³/mol. The summed E-state index contributed by atoms with van der Waals surface area (Å²) in [6.45, 7) is 5.07. The molecule has 2 heterocycles. The minimum atomic E-state index is 0.0114. The Morgan fingerprint density at radius 1 is 0.757 bits per heavy atom. The lowest BCUT2D eigenvalue weighted by Crippen LogP contribution is -2.49. The van der Waals surface area contributed by atoms with Crippen molar-refractivity contribution in [3.63, 3.8) is 0 Å². The van der Waals surface area contributed by atoms with Gasteiger partial charge in [-0.25, -0.2) is 0 Å². The highest BCUT2D eigenvalue weighted by atomic mass is 16.5. The van der Waals surface area contributed by atoms with Crippen LogP contribution in [0.15, 0.2) is 91.0 Å². The van der Waals surface area contributed by atoms with Crippen LogP contribution in [0.2, 0.25) is 0 Å². The molecular formula is C31H28N4O2. The molecule has 1 fully saturated rings. The lowest BCUT2D eigenvalue weighted by molar-refractivity contribution is 0.0744. The monoisotopic (exact) mass is 488 g/mol. The minimum absolute atomic E-state index is 0.0114. The van der Waals surface area contributed by atoms with E-state index in [-0.39, 0.29) is 5.91 Å². The van der Waals surface area contributed by atoms with Crippen molar-refractivity contribution >= 4 is 33.3 Å². The first-order valence-corrected chi connectivity index (χ1v) is 12.7. The molecular weight excluding hydrogens is 460 g/mol. The van der Waals surface area contributed by atoms with Crippen LogP contribution in [0.5, 0.6) is 5.75 Å². The third kappa shape index (κ3) is 4.35. The highest BCUT2D eigenvalue weighted by Gasteiger charge is 2.26. The van der Waals surface area contributed by atoms with Gasteiger partial charge in [0, 0.05) is 31.7 Å². The van der Waals surface area contributed by atoms with E-state index in [2.05, 4.69) is 45.4 Å². The number of hydrogen-bond donors (Lipinski definition) is 0.